The van der Waals surface area contributed by atoms with Crippen molar-refractivity contribution in [3.8, 4) is 0 Å². The molecule has 1 aliphatic heterocycles. The topological polar surface area (TPSA) is 32.7 Å². The molecule has 1 atom stereocenters. The van der Waals surface area contributed by atoms with E-state index >= 15 is 0 Å². The molecule has 0 unspecified atom stereocenters. The third-order valence-corrected chi connectivity index (χ3v) is 4.32. The van der Waals surface area contributed by atoms with E-state index in [1.807, 2.05) is 11.8 Å². The number of rotatable bonds is 10. The summed E-state index contributed by atoms with van der Waals surface area (Å²) in [4.78, 5) is 2.50. The first kappa shape index (κ1) is 16.3. The molecule has 0 aromatic heterocycles. The Labute approximate surface area is 116 Å². The minimum atomic E-state index is 0.365. The van der Waals surface area contributed by atoms with Gasteiger partial charge in [-0.1, -0.05) is 12.8 Å². The molecule has 0 bridgehead atoms. The predicted octanol–water partition coefficient (Wildman–Crippen LogP) is 2.24. The van der Waals surface area contributed by atoms with Crippen molar-refractivity contribution < 1.29 is 9.84 Å². The van der Waals surface area contributed by atoms with E-state index in [9.17, 15) is 5.11 Å². The van der Waals surface area contributed by atoms with E-state index in [0.717, 1.165) is 26.3 Å². The maximum atomic E-state index is 9.28. The normalized spacial score (nSPS) is 19.0. The molecule has 1 aliphatic rings. The van der Waals surface area contributed by atoms with Gasteiger partial charge < -0.3 is 9.84 Å². The van der Waals surface area contributed by atoms with E-state index in [0.29, 0.717) is 12.5 Å². The van der Waals surface area contributed by atoms with Gasteiger partial charge in [0.1, 0.15) is 0 Å². The quantitative estimate of drug-likeness (QED) is 0.620. The molecule has 0 amide bonds. The second-order valence-electron chi connectivity index (χ2n) is 5.13. The van der Waals surface area contributed by atoms with Crippen LogP contribution in [0.3, 0.4) is 0 Å². The molecule has 18 heavy (non-hydrogen) atoms. The van der Waals surface area contributed by atoms with Crippen LogP contribution in [0.1, 0.15) is 32.1 Å². The molecule has 0 aliphatic carbocycles. The molecule has 1 fully saturated rings. The van der Waals surface area contributed by atoms with Crippen molar-refractivity contribution in [3.63, 3.8) is 0 Å². The molecule has 0 aromatic rings. The average molecular weight is 275 g/mol. The van der Waals surface area contributed by atoms with Crippen LogP contribution in [-0.4, -0.2) is 61.5 Å². The number of unbranched alkanes of at least 4 members (excludes halogenated alkanes) is 2. The van der Waals surface area contributed by atoms with Crippen LogP contribution >= 0.6 is 11.8 Å². The average Bonchev–Trinajstić information content (AvgIpc) is 2.43. The summed E-state index contributed by atoms with van der Waals surface area (Å²) in [6.45, 7) is 5.60. The van der Waals surface area contributed by atoms with Crippen molar-refractivity contribution in [1.29, 1.82) is 0 Å². The first-order valence-electron chi connectivity index (χ1n) is 7.26. The molecule has 0 aromatic carbocycles. The van der Waals surface area contributed by atoms with Gasteiger partial charge in [-0.25, -0.2) is 0 Å². The van der Waals surface area contributed by atoms with E-state index in [1.165, 1.54) is 44.4 Å². The van der Waals surface area contributed by atoms with Crippen molar-refractivity contribution in [3.05, 3.63) is 0 Å². The van der Waals surface area contributed by atoms with Crippen LogP contribution in [0.15, 0.2) is 0 Å². The van der Waals surface area contributed by atoms with E-state index < -0.39 is 0 Å². The lowest BCUT2D eigenvalue weighted by atomic mass is 9.99. The highest BCUT2D eigenvalue weighted by Gasteiger charge is 2.10. The zero-order valence-electron chi connectivity index (χ0n) is 11.8. The Hall–Kier alpha value is 0.230. The van der Waals surface area contributed by atoms with E-state index in [2.05, 4.69) is 11.2 Å². The highest BCUT2D eigenvalue weighted by molar-refractivity contribution is 7.98. The third kappa shape index (κ3) is 7.62. The number of morpholine rings is 1. The maximum Gasteiger partial charge on any atom is 0.0594 e. The van der Waals surface area contributed by atoms with Crippen LogP contribution in [0.4, 0.5) is 0 Å². The highest BCUT2D eigenvalue weighted by atomic mass is 32.2. The molecular weight excluding hydrogens is 246 g/mol. The van der Waals surface area contributed by atoms with Gasteiger partial charge >= 0.3 is 0 Å². The van der Waals surface area contributed by atoms with Crippen molar-refractivity contribution in [2.24, 2.45) is 5.92 Å². The molecule has 1 rings (SSSR count). The lowest BCUT2D eigenvalue weighted by Gasteiger charge is -2.26. The van der Waals surface area contributed by atoms with Crippen LogP contribution in [0, 0.1) is 5.92 Å². The zero-order chi connectivity index (χ0) is 13.1. The molecular formula is C14H29NO2S. The van der Waals surface area contributed by atoms with Gasteiger partial charge in [0, 0.05) is 19.7 Å². The molecule has 0 spiro atoms. The summed E-state index contributed by atoms with van der Waals surface area (Å²) in [6.07, 6.45) is 8.36. The van der Waals surface area contributed by atoms with E-state index in [4.69, 9.17) is 4.74 Å². The molecule has 1 N–H and O–H groups in total. The zero-order valence-corrected chi connectivity index (χ0v) is 12.6. The smallest absolute Gasteiger partial charge is 0.0594 e. The summed E-state index contributed by atoms with van der Waals surface area (Å²) < 4.78 is 5.34. The molecule has 4 heteroatoms. The summed E-state index contributed by atoms with van der Waals surface area (Å²) in [6, 6.07) is 0. The van der Waals surface area contributed by atoms with E-state index in [-0.39, 0.29) is 0 Å². The van der Waals surface area contributed by atoms with Crippen molar-refractivity contribution in [2.75, 3.05) is 51.5 Å². The second-order valence-corrected chi connectivity index (χ2v) is 6.12. The largest absolute Gasteiger partial charge is 0.396 e. The standard InChI is InChI=1S/C14H29NO2S/c1-18-12-6-14(13-16)5-3-2-4-7-15-8-10-17-11-9-15/h14,16H,2-13H2,1H3/t14-/m0/s1. The third-order valence-electron chi connectivity index (χ3n) is 3.68. The number of aliphatic hydroxyl groups is 1. The maximum absolute atomic E-state index is 9.28. The minimum Gasteiger partial charge on any atom is -0.396 e. The minimum absolute atomic E-state index is 0.365. The Morgan fingerprint density at radius 1 is 1.17 bits per heavy atom. The van der Waals surface area contributed by atoms with Gasteiger partial charge in [0.2, 0.25) is 0 Å². The van der Waals surface area contributed by atoms with Crippen molar-refractivity contribution in [1.82, 2.24) is 4.90 Å². The lowest BCUT2D eigenvalue weighted by molar-refractivity contribution is 0.0370. The summed E-state index contributed by atoms with van der Waals surface area (Å²) in [5, 5.41) is 9.28. The molecule has 3 nitrogen and oxygen atoms in total. The fourth-order valence-electron chi connectivity index (χ4n) is 2.38. The molecule has 0 radical (unpaired) electrons. The fraction of sp³-hybridized carbons (Fsp3) is 1.00. The molecule has 1 heterocycles. The van der Waals surface area contributed by atoms with Crippen LogP contribution in [0.2, 0.25) is 0 Å². The van der Waals surface area contributed by atoms with Gasteiger partial charge in [-0.2, -0.15) is 11.8 Å². The van der Waals surface area contributed by atoms with Crippen LogP contribution in [-0.2, 0) is 4.74 Å². The van der Waals surface area contributed by atoms with Crippen LogP contribution < -0.4 is 0 Å². The van der Waals surface area contributed by atoms with Gasteiger partial charge in [-0.05, 0) is 43.7 Å². The molecule has 108 valence electrons. The van der Waals surface area contributed by atoms with Crippen molar-refractivity contribution in [2.45, 2.75) is 32.1 Å². The van der Waals surface area contributed by atoms with Crippen LogP contribution in [0.25, 0.3) is 0 Å². The molecule has 1 saturated heterocycles. The summed E-state index contributed by atoms with van der Waals surface area (Å²) in [5.74, 6) is 1.71. The lowest BCUT2D eigenvalue weighted by Crippen LogP contribution is -2.36. The van der Waals surface area contributed by atoms with Gasteiger partial charge in [0.05, 0.1) is 13.2 Å². The van der Waals surface area contributed by atoms with Crippen LogP contribution in [0.5, 0.6) is 0 Å². The Morgan fingerprint density at radius 3 is 2.61 bits per heavy atom. The summed E-state index contributed by atoms with van der Waals surface area (Å²) in [5.41, 5.74) is 0. The Bertz CT molecular complexity index is 187. The second kappa shape index (κ2) is 11.1. The first-order chi connectivity index (χ1) is 8.86. The first-order valence-corrected chi connectivity index (χ1v) is 8.66. The predicted molar refractivity (Wildman–Crippen MR) is 79.3 cm³/mol. The fourth-order valence-corrected chi connectivity index (χ4v) is 2.95. The monoisotopic (exact) mass is 275 g/mol. The SMILES string of the molecule is CSCC[C@@H](CO)CCCCCN1CCOCC1. The Morgan fingerprint density at radius 2 is 1.94 bits per heavy atom. The number of ether oxygens (including phenoxy) is 1. The summed E-state index contributed by atoms with van der Waals surface area (Å²) >= 11 is 1.88. The van der Waals surface area contributed by atoms with Gasteiger partial charge in [0.25, 0.3) is 0 Å². The Kier molecular flexibility index (Phi) is 10.0. The summed E-state index contributed by atoms with van der Waals surface area (Å²) in [7, 11) is 0. The van der Waals surface area contributed by atoms with E-state index in [1.54, 1.807) is 0 Å². The highest BCUT2D eigenvalue weighted by Crippen LogP contribution is 2.15. The van der Waals surface area contributed by atoms with Gasteiger partial charge in [0.15, 0.2) is 0 Å². The Balaban J connectivity index is 1.93. The number of aliphatic hydroxyl groups excluding tert-OH is 1. The number of nitrogens with zero attached hydrogens (tertiary/aromatic N) is 1. The van der Waals surface area contributed by atoms with Gasteiger partial charge in [-0.15, -0.1) is 0 Å². The number of hydrogen-bond acceptors (Lipinski definition) is 4. The molecule has 0 saturated carbocycles. The number of hydrogen-bond donors (Lipinski definition) is 1. The van der Waals surface area contributed by atoms with Crippen molar-refractivity contribution >= 4 is 11.8 Å². The van der Waals surface area contributed by atoms with Gasteiger partial charge in [-0.3, -0.25) is 4.90 Å². The number of thioether (sulfide) groups is 1.